The van der Waals surface area contributed by atoms with Crippen LogP contribution in [0.4, 0.5) is 14.9 Å². The smallest absolute Gasteiger partial charge is 0.411 e. The summed E-state index contributed by atoms with van der Waals surface area (Å²) in [5.74, 6) is -0.453. The lowest BCUT2D eigenvalue weighted by Gasteiger charge is -2.30. The van der Waals surface area contributed by atoms with Gasteiger partial charge in [0.05, 0.1) is 5.02 Å². The molecule has 0 bridgehead atoms. The van der Waals surface area contributed by atoms with E-state index in [0.717, 1.165) is 40.8 Å². The highest BCUT2D eigenvalue weighted by atomic mass is 35.5. The van der Waals surface area contributed by atoms with Crippen molar-refractivity contribution in [3.63, 3.8) is 0 Å². The normalized spacial score (nSPS) is 16.3. The van der Waals surface area contributed by atoms with E-state index in [2.05, 4.69) is 22.8 Å². The summed E-state index contributed by atoms with van der Waals surface area (Å²) < 4.78 is 19.4. The first-order valence-electron chi connectivity index (χ1n) is 10.6. The monoisotopic (exact) mass is 472 g/mol. The number of hydrogen-bond donors (Lipinski definition) is 1. The van der Waals surface area contributed by atoms with E-state index in [9.17, 15) is 9.18 Å². The molecule has 1 aromatic heterocycles. The average Bonchev–Trinajstić information content (AvgIpc) is 3.41. The van der Waals surface area contributed by atoms with Gasteiger partial charge in [0.2, 0.25) is 0 Å². The van der Waals surface area contributed by atoms with Gasteiger partial charge in [-0.05, 0) is 91.4 Å². The van der Waals surface area contributed by atoms with Crippen LogP contribution in [0.5, 0.6) is 0 Å². The molecule has 1 fully saturated rings. The number of benzene rings is 2. The van der Waals surface area contributed by atoms with E-state index < -0.39 is 11.4 Å². The van der Waals surface area contributed by atoms with Crippen molar-refractivity contribution in [3.05, 3.63) is 64.1 Å². The number of thiophene rings is 1. The van der Waals surface area contributed by atoms with E-state index in [1.807, 2.05) is 38.3 Å². The fraction of sp³-hybridized carbons (Fsp3) is 0.320. The van der Waals surface area contributed by atoms with Crippen molar-refractivity contribution < 1.29 is 13.9 Å². The Bertz CT molecular complexity index is 1110. The highest BCUT2D eigenvalue weighted by Crippen LogP contribution is 2.36. The Kier molecular flexibility index (Phi) is 6.45. The molecule has 2 aromatic carbocycles. The van der Waals surface area contributed by atoms with Crippen molar-refractivity contribution in [2.45, 2.75) is 45.4 Å². The lowest BCUT2D eigenvalue weighted by atomic mass is 9.98. The molecule has 0 spiro atoms. The van der Waals surface area contributed by atoms with Crippen molar-refractivity contribution in [2.24, 2.45) is 0 Å². The third-order valence-electron chi connectivity index (χ3n) is 5.31. The predicted octanol–water partition coefficient (Wildman–Crippen LogP) is 7.64. The van der Waals surface area contributed by atoms with Gasteiger partial charge in [-0.2, -0.15) is 11.3 Å². The van der Waals surface area contributed by atoms with E-state index in [1.165, 1.54) is 6.07 Å². The van der Waals surface area contributed by atoms with Crippen LogP contribution in [0.2, 0.25) is 5.02 Å². The van der Waals surface area contributed by atoms with Gasteiger partial charge in [-0.25, -0.2) is 9.18 Å². The molecule has 168 valence electrons. The summed E-state index contributed by atoms with van der Waals surface area (Å²) in [5, 5.41) is 7.72. The topological polar surface area (TPSA) is 41.6 Å². The number of nitrogens with zero attached hydrogens (tertiary/aromatic N) is 1. The lowest BCUT2D eigenvalue weighted by Crippen LogP contribution is -2.43. The zero-order valence-corrected chi connectivity index (χ0v) is 19.9. The Hall–Kier alpha value is -2.57. The summed E-state index contributed by atoms with van der Waals surface area (Å²) in [4.78, 5) is 14.4. The van der Waals surface area contributed by atoms with Crippen LogP contribution in [0, 0.1) is 5.82 Å². The van der Waals surface area contributed by atoms with Crippen LogP contribution in [-0.2, 0) is 4.74 Å². The molecular formula is C25H26ClFN2O2S. The first kappa shape index (κ1) is 22.6. The molecule has 1 amide bonds. The quantitative estimate of drug-likeness (QED) is 0.424. The standard InChI is InChI=1S/C25H26ClFN2O2S/c1-25(2,3)31-24(30)29-11-4-5-23(29)28-22-9-7-16(18-10-12-32-15-18)13-19(22)17-6-8-21(27)20(26)14-17/h6-10,12-15,23,28H,4-5,11H2,1-3H3/t23-/m0/s1. The number of hydrogen-bond acceptors (Lipinski definition) is 4. The second-order valence-corrected chi connectivity index (χ2v) is 10.1. The Morgan fingerprint density at radius 2 is 1.94 bits per heavy atom. The largest absolute Gasteiger partial charge is 0.444 e. The first-order chi connectivity index (χ1) is 15.2. The van der Waals surface area contributed by atoms with Crippen LogP contribution in [0.1, 0.15) is 33.6 Å². The van der Waals surface area contributed by atoms with Crippen LogP contribution < -0.4 is 5.32 Å². The van der Waals surface area contributed by atoms with Crippen LogP contribution in [-0.4, -0.2) is 29.3 Å². The molecule has 4 rings (SSSR count). The zero-order valence-electron chi connectivity index (χ0n) is 18.3. The molecule has 1 aliphatic heterocycles. The van der Waals surface area contributed by atoms with Crippen molar-refractivity contribution in [1.29, 1.82) is 0 Å². The maximum Gasteiger partial charge on any atom is 0.411 e. The molecule has 1 aliphatic rings. The van der Waals surface area contributed by atoms with E-state index in [4.69, 9.17) is 16.3 Å². The summed E-state index contributed by atoms with van der Waals surface area (Å²) in [6.45, 7) is 6.23. The molecule has 3 aromatic rings. The van der Waals surface area contributed by atoms with Gasteiger partial charge in [0, 0.05) is 17.8 Å². The molecular weight excluding hydrogens is 447 g/mol. The molecule has 4 nitrogen and oxygen atoms in total. The molecule has 0 saturated carbocycles. The summed E-state index contributed by atoms with van der Waals surface area (Å²) in [6.07, 6.45) is 1.19. The van der Waals surface area contributed by atoms with Crippen molar-refractivity contribution in [1.82, 2.24) is 4.90 Å². The second-order valence-electron chi connectivity index (χ2n) is 8.88. The van der Waals surface area contributed by atoms with Crippen molar-refractivity contribution >= 4 is 34.7 Å². The van der Waals surface area contributed by atoms with E-state index in [0.29, 0.717) is 6.54 Å². The molecule has 1 N–H and O–H groups in total. The molecule has 2 heterocycles. The number of rotatable bonds is 4. The van der Waals surface area contributed by atoms with Gasteiger partial charge in [0.1, 0.15) is 17.6 Å². The average molecular weight is 473 g/mol. The lowest BCUT2D eigenvalue weighted by molar-refractivity contribution is 0.0244. The molecule has 1 saturated heterocycles. The van der Waals surface area contributed by atoms with Crippen molar-refractivity contribution in [3.8, 4) is 22.3 Å². The summed E-state index contributed by atoms with van der Waals surface area (Å²) >= 11 is 7.72. The van der Waals surface area contributed by atoms with Crippen molar-refractivity contribution in [2.75, 3.05) is 11.9 Å². The third kappa shape index (κ3) is 5.08. The minimum absolute atomic E-state index is 0.0747. The minimum atomic E-state index is -0.553. The highest BCUT2D eigenvalue weighted by Gasteiger charge is 2.32. The minimum Gasteiger partial charge on any atom is -0.444 e. The highest BCUT2D eigenvalue weighted by molar-refractivity contribution is 7.08. The number of nitrogens with one attached hydrogen (secondary N) is 1. The Morgan fingerprint density at radius 1 is 1.16 bits per heavy atom. The van der Waals surface area contributed by atoms with Gasteiger partial charge < -0.3 is 10.1 Å². The van der Waals surface area contributed by atoms with E-state index in [-0.39, 0.29) is 17.3 Å². The fourth-order valence-electron chi connectivity index (χ4n) is 3.82. The number of carbonyl (C=O) groups excluding carboxylic acids is 1. The number of halogens is 2. The van der Waals surface area contributed by atoms with Crippen LogP contribution in [0.25, 0.3) is 22.3 Å². The number of carbonyl (C=O) groups is 1. The van der Waals surface area contributed by atoms with Gasteiger partial charge in [-0.3, -0.25) is 4.90 Å². The Labute approximate surface area is 197 Å². The summed E-state index contributed by atoms with van der Waals surface area (Å²) in [6, 6.07) is 12.9. The summed E-state index contributed by atoms with van der Waals surface area (Å²) in [7, 11) is 0. The third-order valence-corrected chi connectivity index (χ3v) is 6.28. The number of amides is 1. The van der Waals surface area contributed by atoms with Gasteiger partial charge in [0.15, 0.2) is 0 Å². The summed E-state index contributed by atoms with van der Waals surface area (Å²) in [5.41, 5.74) is 4.18. The fourth-order valence-corrected chi connectivity index (χ4v) is 4.66. The zero-order chi connectivity index (χ0) is 22.9. The van der Waals surface area contributed by atoms with E-state index >= 15 is 0 Å². The van der Waals surface area contributed by atoms with Gasteiger partial charge >= 0.3 is 6.09 Å². The molecule has 7 heteroatoms. The maximum absolute atomic E-state index is 13.8. The van der Waals surface area contributed by atoms with Gasteiger partial charge in [-0.15, -0.1) is 0 Å². The Morgan fingerprint density at radius 3 is 2.62 bits per heavy atom. The van der Waals surface area contributed by atoms with Gasteiger partial charge in [0.25, 0.3) is 0 Å². The number of likely N-dealkylation sites (tertiary alicyclic amines) is 1. The van der Waals surface area contributed by atoms with Gasteiger partial charge in [-0.1, -0.05) is 23.7 Å². The second kappa shape index (κ2) is 9.12. The predicted molar refractivity (Wildman–Crippen MR) is 130 cm³/mol. The van der Waals surface area contributed by atoms with Crippen LogP contribution in [0.15, 0.2) is 53.2 Å². The Balaban J connectivity index is 1.68. The van der Waals surface area contributed by atoms with Crippen LogP contribution in [0.3, 0.4) is 0 Å². The molecule has 1 atom stereocenters. The maximum atomic E-state index is 13.8. The van der Waals surface area contributed by atoms with Crippen LogP contribution >= 0.6 is 22.9 Å². The molecule has 0 radical (unpaired) electrons. The number of anilines is 1. The first-order valence-corrected chi connectivity index (χ1v) is 11.9. The van der Waals surface area contributed by atoms with E-state index in [1.54, 1.807) is 28.4 Å². The number of ether oxygens (including phenoxy) is 1. The SMILES string of the molecule is CC(C)(C)OC(=O)N1CCC[C@H]1Nc1ccc(-c2ccsc2)cc1-c1ccc(F)c(Cl)c1. The molecule has 0 aliphatic carbocycles. The molecule has 0 unspecified atom stereocenters. The molecule has 32 heavy (non-hydrogen) atoms.